The minimum Gasteiger partial charge on any atom is -0.248 e. The zero-order valence-electron chi connectivity index (χ0n) is 69.4. The zero-order valence-corrected chi connectivity index (χ0v) is 76.4. The molecule has 15 aromatic rings. The van der Waals surface area contributed by atoms with Crippen molar-refractivity contribution in [3.05, 3.63) is 255 Å². The largest absolute Gasteiger partial charge is 0.248 e. The van der Waals surface area contributed by atoms with Crippen molar-refractivity contribution in [1.82, 2.24) is 34.9 Å². The van der Waals surface area contributed by atoms with Crippen LogP contribution in [-0.2, 0) is 0 Å². The van der Waals surface area contributed by atoms with E-state index in [1.165, 1.54) is 36.3 Å². The third kappa shape index (κ3) is 16.8. The predicted octanol–water partition coefficient (Wildman–Crippen LogP) is 23.6. The number of hydrogen-bond donors (Lipinski definition) is 0. The van der Waals surface area contributed by atoms with Crippen LogP contribution in [0.25, 0.3) is 153 Å². The highest BCUT2D eigenvalue weighted by Gasteiger charge is 2.25. The fourth-order valence-electron chi connectivity index (χ4n) is 14.8. The van der Waals surface area contributed by atoms with Gasteiger partial charge in [-0.2, -0.15) is 0 Å². The van der Waals surface area contributed by atoms with Gasteiger partial charge < -0.3 is 0 Å². The lowest BCUT2D eigenvalue weighted by Crippen LogP contribution is -2.37. The van der Waals surface area contributed by atoms with E-state index in [4.69, 9.17) is 34.9 Å². The maximum absolute atomic E-state index is 5.63. The van der Waals surface area contributed by atoms with Gasteiger partial charge in [-0.1, -0.05) is 301 Å². The molecule has 0 unspecified atom stereocenters. The molecule has 0 aliphatic rings. The normalized spacial score (nSPS) is 12.7. The highest BCUT2D eigenvalue weighted by molar-refractivity contribution is 6.91. The second kappa shape index (κ2) is 29.3. The summed E-state index contributed by atoms with van der Waals surface area (Å²) in [4.78, 5) is 39.4. The van der Waals surface area contributed by atoms with Crippen LogP contribution in [0.3, 0.4) is 0 Å². The molecule has 560 valence electrons. The van der Waals surface area contributed by atoms with Gasteiger partial charge in [0.15, 0.2) is 0 Å². The van der Waals surface area contributed by atoms with Crippen LogP contribution >= 0.6 is 0 Å². The first kappa shape index (κ1) is 77.4. The molecule has 0 fully saturated rings. The van der Waals surface area contributed by atoms with E-state index in [-0.39, 0.29) is 0 Å². The van der Waals surface area contributed by atoms with Crippen LogP contribution in [-0.4, -0.2) is 91.4 Å². The number of fused-ring (bicyclic) bond motifs is 42. The lowest BCUT2D eigenvalue weighted by molar-refractivity contribution is 1.49. The highest BCUT2D eigenvalue weighted by atomic mass is 28.3. The Morgan fingerprint density at radius 1 is 0.125 bits per heavy atom. The van der Waals surface area contributed by atoms with Gasteiger partial charge in [0.2, 0.25) is 0 Å². The van der Waals surface area contributed by atoms with Gasteiger partial charge in [0.1, 0.15) is 0 Å². The molecular weight excluding hydrogens is 1470 g/mol. The monoisotopic (exact) mass is 1580 g/mol. The molecule has 0 N–H and O–H groups in total. The first-order chi connectivity index (χ1) is 52.8. The van der Waals surface area contributed by atoms with Crippen LogP contribution < -0.4 is 36.3 Å². The van der Waals surface area contributed by atoms with Crippen LogP contribution in [0.2, 0.25) is 137 Å². The summed E-state index contributed by atoms with van der Waals surface area (Å²) in [6.07, 6.45) is 0. The van der Waals surface area contributed by atoms with Crippen LogP contribution in [0.15, 0.2) is 255 Å². The number of hydrogen-bond acceptors (Lipinski definition) is 7. The Labute approximate surface area is 667 Å². The second-order valence-electron chi connectivity index (χ2n) is 38.2. The number of pyridine rings is 7. The first-order valence-electron chi connectivity index (χ1n) is 39.7. The molecule has 0 aliphatic heterocycles. The van der Waals surface area contributed by atoms with Gasteiger partial charge in [0.25, 0.3) is 0 Å². The van der Waals surface area contributed by atoms with Gasteiger partial charge in [0.05, 0.1) is 134 Å². The Morgan fingerprint density at radius 2 is 0.205 bits per heavy atom. The van der Waals surface area contributed by atoms with E-state index >= 15 is 0 Å². The molecule has 0 atom stereocenters. The minimum atomic E-state index is -1.91. The van der Waals surface area contributed by atoms with Crippen LogP contribution in [0.4, 0.5) is 0 Å². The van der Waals surface area contributed by atoms with Gasteiger partial charge in [-0.3, -0.25) is 0 Å². The predicted molar refractivity (Wildman–Crippen MR) is 514 cm³/mol. The topological polar surface area (TPSA) is 90.2 Å². The van der Waals surface area contributed by atoms with E-state index in [9.17, 15) is 0 Å². The SMILES string of the molecule is C[Si](C)(C)c1cc2cc(c1)c1cccc(n1)c1cc([Si](C)(C)C)cc(c1)c1cccc(n1)c1cc([Si](C)(C)C)cc(c1)c1cccc(n1)c1cc([Si](C)(C)C)cc(c1)c1cccc(n1)c1cc([Si](C)(C)C)cc(c1)c1cccc(n1)c1cc([Si](C)(C)C)cc(c1)c1cccc(n1)c1cc([Si](C)(C)C)cc(c1)c1cccc2n1. The third-order valence-corrected chi connectivity index (χ3v) is 36.1. The summed E-state index contributed by atoms with van der Waals surface area (Å²) < 4.78 is 0. The Balaban J connectivity index is 1.06. The van der Waals surface area contributed by atoms with Crippen molar-refractivity contribution in [3.63, 3.8) is 0 Å². The molecule has 0 amide bonds. The molecule has 28 bridgehead atoms. The minimum absolute atomic E-state index is 0.930. The molecule has 7 aromatic carbocycles. The fraction of sp³-hybridized carbons (Fsp3) is 0.214. The summed E-state index contributed by atoms with van der Waals surface area (Å²) in [7, 11) is -13.4. The van der Waals surface area contributed by atoms with Crippen molar-refractivity contribution >= 4 is 245 Å². The van der Waals surface area contributed by atoms with E-state index in [0.29, 0.717) is 0 Å². The molecule has 0 saturated carbocycles. The molecule has 8 heterocycles. The molecule has 15 rings (SSSR count). The van der Waals surface area contributed by atoms with Crippen molar-refractivity contribution in [1.29, 1.82) is 0 Å². The summed E-state index contributed by atoms with van der Waals surface area (Å²) in [5, 5.41) is 24.6. The Kier molecular flexibility index (Phi) is 20.2. The maximum Gasteiger partial charge on any atom is 0.0776 e. The van der Waals surface area contributed by atoms with E-state index < -0.39 is 56.5 Å². The van der Waals surface area contributed by atoms with Crippen molar-refractivity contribution in [2.24, 2.45) is 0 Å². The molecule has 0 spiro atoms. The van der Waals surface area contributed by atoms with Gasteiger partial charge in [-0.05, 0) is 127 Å². The molecule has 8 aromatic heterocycles. The summed E-state index contributed by atoms with van der Waals surface area (Å²) in [6, 6.07) is 95.4. The number of benzene rings is 7. The van der Waals surface area contributed by atoms with E-state index in [1.807, 2.05) is 0 Å². The molecule has 0 radical (unpaired) electrons. The van der Waals surface area contributed by atoms with Crippen LogP contribution in [0.5, 0.6) is 0 Å². The van der Waals surface area contributed by atoms with Gasteiger partial charge in [0, 0.05) is 75.4 Å². The molecule has 7 nitrogen and oxygen atoms in total. The maximum atomic E-state index is 5.63. The number of rotatable bonds is 7. The van der Waals surface area contributed by atoms with Crippen molar-refractivity contribution in [2.45, 2.75) is 137 Å². The molecule has 14 heteroatoms. The van der Waals surface area contributed by atoms with E-state index in [0.717, 1.165) is 153 Å². The Bertz CT molecular complexity index is 5420. The molecule has 0 saturated heterocycles. The second-order valence-corrected chi connectivity index (χ2v) is 73.7. The third-order valence-electron chi connectivity index (χ3n) is 22.0. The summed E-state index contributed by atoms with van der Waals surface area (Å²) in [5.74, 6) is 0. The average Bonchev–Trinajstić information content (AvgIpc) is 0.781. The zero-order chi connectivity index (χ0) is 79.4. The smallest absolute Gasteiger partial charge is 0.0776 e. The fourth-order valence-corrected chi connectivity index (χ4v) is 23.0. The number of nitrogens with zero attached hydrogens (tertiary/aromatic N) is 7. The van der Waals surface area contributed by atoms with Gasteiger partial charge in [-0.25, -0.2) is 34.9 Å². The number of aromatic nitrogens is 7. The molecule has 0 aliphatic carbocycles. The molecular formula is C98H105N7Si7. The average molecular weight is 1580 g/mol. The van der Waals surface area contributed by atoms with Crippen LogP contribution in [0.1, 0.15) is 0 Å². The summed E-state index contributed by atoms with van der Waals surface area (Å²) in [6.45, 7) is 51.1. The Hall–Kier alpha value is -9.89. The van der Waals surface area contributed by atoms with E-state index in [1.54, 1.807) is 0 Å². The summed E-state index contributed by atoms with van der Waals surface area (Å²) >= 11 is 0. The quantitative estimate of drug-likeness (QED) is 0.147. The van der Waals surface area contributed by atoms with Gasteiger partial charge >= 0.3 is 0 Å². The lowest BCUT2D eigenvalue weighted by Gasteiger charge is -2.18. The highest BCUT2D eigenvalue weighted by Crippen LogP contribution is 2.30. The van der Waals surface area contributed by atoms with Crippen molar-refractivity contribution in [2.75, 3.05) is 0 Å². The van der Waals surface area contributed by atoms with E-state index in [2.05, 4.69) is 392 Å². The standard InChI is InChI=1S/C98H105N7Si7/c1-106(2,3)78-50-64-43-65(51-78)86-30-23-32-88(100-86)67-45-69(55-80(53-67)108(7,8)9)90-34-25-36-92(102-90)71-47-73(59-82(57-71)110(13,14)15)94-38-27-40-96(104-94)75-49-77(63-84(61-75)112(19,20)21)98-42-28-41-97(105-98)76-48-74(60-83(62-76)111(16,17)18)95-39-26-37-93(103-95)72-46-70(56-81(58-72)109(10,11)12)91-35-24-33-89(101-91)68-44-66(52-79(54-68)107(4,5)6)87-31-22-29-85(64)99-87/h22-63H,1-21H3. The van der Waals surface area contributed by atoms with Crippen LogP contribution in [0, 0.1) is 0 Å². The molecule has 112 heavy (non-hydrogen) atoms. The van der Waals surface area contributed by atoms with Gasteiger partial charge in [-0.15, -0.1) is 0 Å². The van der Waals surface area contributed by atoms with Crippen molar-refractivity contribution < 1.29 is 0 Å². The Morgan fingerprint density at radius 3 is 0.277 bits per heavy atom. The first-order valence-corrected chi connectivity index (χ1v) is 64.2. The lowest BCUT2D eigenvalue weighted by atomic mass is 10.1. The van der Waals surface area contributed by atoms with Crippen molar-refractivity contribution in [3.8, 4) is 0 Å². The summed E-state index contributed by atoms with van der Waals surface area (Å²) in [5.41, 5.74) is 13.0.